The van der Waals surface area contributed by atoms with Gasteiger partial charge in [-0.05, 0) is 6.92 Å². The Morgan fingerprint density at radius 1 is 1.88 bits per heavy atom. The van der Waals surface area contributed by atoms with E-state index in [4.69, 9.17) is 12.2 Å². The van der Waals surface area contributed by atoms with E-state index in [1.165, 1.54) is 5.75 Å². The maximum absolute atomic E-state index is 4.97. The third-order valence-electron chi connectivity index (χ3n) is 1.09. The SMILES string of the molecule is CC(=S)C1NCCS1. The summed E-state index contributed by atoms with van der Waals surface area (Å²) in [4.78, 5) is 1.08. The van der Waals surface area contributed by atoms with Gasteiger partial charge in [0.2, 0.25) is 0 Å². The molecular formula is C5H9NS2. The van der Waals surface area contributed by atoms with Crippen LogP contribution in [-0.4, -0.2) is 22.5 Å². The zero-order valence-corrected chi connectivity index (χ0v) is 6.44. The van der Waals surface area contributed by atoms with Crippen molar-refractivity contribution in [3.63, 3.8) is 0 Å². The van der Waals surface area contributed by atoms with E-state index in [0.29, 0.717) is 5.37 Å². The third kappa shape index (κ3) is 1.44. The smallest absolute Gasteiger partial charge is 0.0850 e. The van der Waals surface area contributed by atoms with Crippen LogP contribution >= 0.6 is 24.0 Å². The number of rotatable bonds is 1. The van der Waals surface area contributed by atoms with Gasteiger partial charge < -0.3 is 5.32 Å². The van der Waals surface area contributed by atoms with Crippen molar-refractivity contribution in [2.24, 2.45) is 0 Å². The minimum atomic E-state index is 0.463. The van der Waals surface area contributed by atoms with Crippen LogP contribution < -0.4 is 5.32 Å². The molecule has 1 N–H and O–H groups in total. The largest absolute Gasteiger partial charge is 0.300 e. The molecule has 0 aromatic heterocycles. The molecule has 0 aromatic carbocycles. The lowest BCUT2D eigenvalue weighted by Crippen LogP contribution is -2.25. The molecule has 8 heavy (non-hydrogen) atoms. The van der Waals surface area contributed by atoms with Crippen molar-refractivity contribution in [3.05, 3.63) is 0 Å². The first-order valence-electron chi connectivity index (χ1n) is 2.66. The van der Waals surface area contributed by atoms with Crippen LogP contribution in [0.25, 0.3) is 0 Å². The molecule has 1 aliphatic rings. The van der Waals surface area contributed by atoms with Gasteiger partial charge in [-0.3, -0.25) is 0 Å². The van der Waals surface area contributed by atoms with Gasteiger partial charge in [-0.2, -0.15) is 0 Å². The van der Waals surface area contributed by atoms with Crippen molar-refractivity contribution in [1.82, 2.24) is 5.32 Å². The molecule has 1 rings (SSSR count). The predicted octanol–water partition coefficient (Wildman–Crippen LogP) is 1.04. The minimum Gasteiger partial charge on any atom is -0.300 e. The molecular weight excluding hydrogens is 138 g/mol. The highest BCUT2D eigenvalue weighted by atomic mass is 32.2. The summed E-state index contributed by atoms with van der Waals surface area (Å²) >= 11 is 6.87. The number of thiocarbonyl (C=S) groups is 1. The number of thioether (sulfide) groups is 1. The van der Waals surface area contributed by atoms with E-state index in [1.807, 2.05) is 18.7 Å². The second kappa shape index (κ2) is 2.80. The summed E-state index contributed by atoms with van der Waals surface area (Å²) < 4.78 is 0. The van der Waals surface area contributed by atoms with Gasteiger partial charge in [0, 0.05) is 17.2 Å². The van der Waals surface area contributed by atoms with Crippen LogP contribution in [0, 0.1) is 0 Å². The molecule has 0 amide bonds. The Morgan fingerprint density at radius 2 is 2.62 bits per heavy atom. The number of nitrogens with one attached hydrogen (secondary N) is 1. The molecule has 0 saturated carbocycles. The van der Waals surface area contributed by atoms with E-state index in [0.717, 1.165) is 11.4 Å². The molecule has 0 radical (unpaired) electrons. The first-order valence-corrected chi connectivity index (χ1v) is 4.12. The second-order valence-corrected chi connectivity index (χ2v) is 3.67. The molecule has 0 aliphatic carbocycles. The Morgan fingerprint density at radius 3 is 2.88 bits per heavy atom. The average Bonchev–Trinajstić information content (AvgIpc) is 2.12. The minimum absolute atomic E-state index is 0.463. The summed E-state index contributed by atoms with van der Waals surface area (Å²) in [6.45, 7) is 3.11. The monoisotopic (exact) mass is 147 g/mol. The molecule has 46 valence electrons. The molecule has 1 fully saturated rings. The van der Waals surface area contributed by atoms with E-state index in [9.17, 15) is 0 Å². The molecule has 1 aliphatic heterocycles. The lowest BCUT2D eigenvalue weighted by molar-refractivity contribution is 0.831. The first kappa shape index (κ1) is 6.52. The summed E-state index contributed by atoms with van der Waals surface area (Å²) in [7, 11) is 0. The summed E-state index contributed by atoms with van der Waals surface area (Å²) in [6, 6.07) is 0. The Bertz CT molecular complexity index is 96.6. The topological polar surface area (TPSA) is 12.0 Å². The summed E-state index contributed by atoms with van der Waals surface area (Å²) in [5.74, 6) is 1.21. The van der Waals surface area contributed by atoms with Crippen LogP contribution in [-0.2, 0) is 0 Å². The van der Waals surface area contributed by atoms with Gasteiger partial charge >= 0.3 is 0 Å². The maximum Gasteiger partial charge on any atom is 0.0850 e. The van der Waals surface area contributed by atoms with Crippen LogP contribution in [0.1, 0.15) is 6.92 Å². The molecule has 1 unspecified atom stereocenters. The fourth-order valence-corrected chi connectivity index (χ4v) is 1.92. The highest BCUT2D eigenvalue weighted by Gasteiger charge is 2.14. The van der Waals surface area contributed by atoms with Gasteiger partial charge in [0.05, 0.1) is 5.37 Å². The van der Waals surface area contributed by atoms with E-state index in [1.54, 1.807) is 0 Å². The van der Waals surface area contributed by atoms with Crippen molar-refractivity contribution in [3.8, 4) is 0 Å². The Kier molecular flexibility index (Phi) is 2.28. The summed E-state index contributed by atoms with van der Waals surface area (Å²) in [6.07, 6.45) is 0. The average molecular weight is 147 g/mol. The Balaban J connectivity index is 2.35. The van der Waals surface area contributed by atoms with Gasteiger partial charge in [0.15, 0.2) is 0 Å². The van der Waals surface area contributed by atoms with Crippen LogP contribution in [0.2, 0.25) is 0 Å². The van der Waals surface area contributed by atoms with Crippen LogP contribution in [0.15, 0.2) is 0 Å². The third-order valence-corrected chi connectivity index (χ3v) is 2.76. The zero-order chi connectivity index (χ0) is 5.98. The van der Waals surface area contributed by atoms with Crippen molar-refractivity contribution in [2.75, 3.05) is 12.3 Å². The highest BCUT2D eigenvalue weighted by Crippen LogP contribution is 2.14. The Labute approximate surface area is 59.2 Å². The Hall–Kier alpha value is 0.400. The van der Waals surface area contributed by atoms with Crippen molar-refractivity contribution in [1.29, 1.82) is 0 Å². The summed E-state index contributed by atoms with van der Waals surface area (Å²) in [5.41, 5.74) is 0. The van der Waals surface area contributed by atoms with Gasteiger partial charge in [0.25, 0.3) is 0 Å². The molecule has 0 spiro atoms. The molecule has 1 saturated heterocycles. The van der Waals surface area contributed by atoms with E-state index in [2.05, 4.69) is 5.32 Å². The van der Waals surface area contributed by atoms with E-state index < -0.39 is 0 Å². The van der Waals surface area contributed by atoms with Crippen molar-refractivity contribution >= 4 is 28.8 Å². The lowest BCUT2D eigenvalue weighted by atomic mass is 10.5. The van der Waals surface area contributed by atoms with Crippen LogP contribution in [0.4, 0.5) is 0 Å². The molecule has 0 aromatic rings. The fraction of sp³-hybridized carbons (Fsp3) is 0.800. The summed E-state index contributed by atoms with van der Waals surface area (Å²) in [5, 5.41) is 3.74. The fourth-order valence-electron chi connectivity index (χ4n) is 0.687. The molecule has 1 atom stereocenters. The zero-order valence-electron chi connectivity index (χ0n) is 4.81. The lowest BCUT2D eigenvalue weighted by Gasteiger charge is -2.03. The van der Waals surface area contributed by atoms with E-state index >= 15 is 0 Å². The van der Waals surface area contributed by atoms with Crippen LogP contribution in [0.5, 0.6) is 0 Å². The number of hydrogen-bond donors (Lipinski definition) is 1. The van der Waals surface area contributed by atoms with Gasteiger partial charge in [-0.15, -0.1) is 11.8 Å². The normalized spacial score (nSPS) is 28.4. The molecule has 1 heterocycles. The maximum atomic E-state index is 4.97. The van der Waals surface area contributed by atoms with Gasteiger partial charge in [0.1, 0.15) is 0 Å². The highest BCUT2D eigenvalue weighted by molar-refractivity contribution is 8.02. The quantitative estimate of drug-likeness (QED) is 0.557. The van der Waals surface area contributed by atoms with Gasteiger partial charge in [-0.25, -0.2) is 0 Å². The first-order chi connectivity index (χ1) is 3.80. The van der Waals surface area contributed by atoms with E-state index in [-0.39, 0.29) is 0 Å². The standard InChI is InChI=1S/C5H9NS2/c1-4(7)5-6-2-3-8-5/h5-6H,2-3H2,1H3. The van der Waals surface area contributed by atoms with Crippen LogP contribution in [0.3, 0.4) is 0 Å². The molecule has 3 heteroatoms. The van der Waals surface area contributed by atoms with Gasteiger partial charge in [-0.1, -0.05) is 12.2 Å². The number of hydrogen-bond acceptors (Lipinski definition) is 3. The second-order valence-electron chi connectivity index (χ2n) is 1.82. The van der Waals surface area contributed by atoms with Crippen molar-refractivity contribution < 1.29 is 0 Å². The molecule has 0 bridgehead atoms. The predicted molar refractivity (Wildman–Crippen MR) is 42.5 cm³/mol. The van der Waals surface area contributed by atoms with Crippen molar-refractivity contribution in [2.45, 2.75) is 12.3 Å². The molecule has 1 nitrogen and oxygen atoms in total.